The van der Waals surface area contributed by atoms with Crippen LogP contribution in [-0.4, -0.2) is 15.3 Å². The molecule has 0 bridgehead atoms. The summed E-state index contributed by atoms with van der Waals surface area (Å²) in [5.41, 5.74) is 7.81. The third-order valence-corrected chi connectivity index (χ3v) is 2.95. The van der Waals surface area contributed by atoms with Gasteiger partial charge in [-0.3, -0.25) is 0 Å². The van der Waals surface area contributed by atoms with Crippen molar-refractivity contribution in [1.29, 1.82) is 0 Å². The van der Waals surface area contributed by atoms with Crippen LogP contribution in [0.25, 0.3) is 0 Å². The number of hydrogen-bond acceptors (Lipinski definition) is 3. The Hall–Kier alpha value is -1.19. The van der Waals surface area contributed by atoms with Crippen molar-refractivity contribution in [2.45, 2.75) is 66.0 Å². The van der Waals surface area contributed by atoms with E-state index in [9.17, 15) is 0 Å². The molecule has 1 rings (SSSR count). The lowest BCUT2D eigenvalue weighted by Gasteiger charge is -2.28. The summed E-state index contributed by atoms with van der Waals surface area (Å²) in [6.45, 7) is 12.8. The average Bonchev–Trinajstić information content (AvgIpc) is 2.45. The highest BCUT2D eigenvalue weighted by molar-refractivity contribution is 5.65. The SMILES string of the molecule is CCCC(C)(C)Nc1c(N)c(C)nn1C(C)C. The molecule has 0 aliphatic heterocycles. The maximum Gasteiger partial charge on any atom is 0.148 e. The van der Waals surface area contributed by atoms with Gasteiger partial charge in [-0.15, -0.1) is 0 Å². The van der Waals surface area contributed by atoms with E-state index >= 15 is 0 Å². The molecule has 17 heavy (non-hydrogen) atoms. The van der Waals surface area contributed by atoms with E-state index in [2.05, 4.69) is 45.0 Å². The summed E-state index contributed by atoms with van der Waals surface area (Å²) in [4.78, 5) is 0. The van der Waals surface area contributed by atoms with Crippen LogP contribution < -0.4 is 11.1 Å². The van der Waals surface area contributed by atoms with Gasteiger partial charge in [-0.2, -0.15) is 5.10 Å². The minimum absolute atomic E-state index is 0.0436. The first-order chi connectivity index (χ1) is 7.78. The van der Waals surface area contributed by atoms with Crippen LogP contribution in [0.5, 0.6) is 0 Å². The van der Waals surface area contributed by atoms with E-state index in [0.29, 0.717) is 6.04 Å². The highest BCUT2D eigenvalue weighted by atomic mass is 15.4. The van der Waals surface area contributed by atoms with Crippen LogP contribution in [0.1, 0.15) is 59.2 Å². The first-order valence-corrected chi connectivity index (χ1v) is 6.41. The molecular formula is C13H26N4. The zero-order valence-electron chi connectivity index (χ0n) is 12.0. The lowest BCUT2D eigenvalue weighted by Crippen LogP contribution is -2.32. The lowest BCUT2D eigenvalue weighted by molar-refractivity contribution is 0.485. The number of nitrogens with zero attached hydrogens (tertiary/aromatic N) is 2. The largest absolute Gasteiger partial charge is 0.394 e. The first-order valence-electron chi connectivity index (χ1n) is 6.41. The van der Waals surface area contributed by atoms with Crippen molar-refractivity contribution in [3.63, 3.8) is 0 Å². The molecule has 1 aromatic heterocycles. The molecule has 0 aliphatic rings. The summed E-state index contributed by atoms with van der Waals surface area (Å²) in [5.74, 6) is 0.955. The van der Waals surface area contributed by atoms with Gasteiger partial charge >= 0.3 is 0 Å². The molecule has 0 atom stereocenters. The lowest BCUT2D eigenvalue weighted by atomic mass is 9.99. The quantitative estimate of drug-likeness (QED) is 0.827. The summed E-state index contributed by atoms with van der Waals surface area (Å²) < 4.78 is 1.97. The van der Waals surface area contributed by atoms with Gasteiger partial charge in [0.25, 0.3) is 0 Å². The van der Waals surface area contributed by atoms with E-state index in [1.54, 1.807) is 0 Å². The third kappa shape index (κ3) is 3.14. The second-order valence-electron chi connectivity index (χ2n) is 5.64. The summed E-state index contributed by atoms with van der Waals surface area (Å²) in [6.07, 6.45) is 2.25. The normalized spacial score (nSPS) is 12.2. The molecule has 0 saturated carbocycles. The highest BCUT2D eigenvalue weighted by Crippen LogP contribution is 2.29. The molecule has 0 fully saturated rings. The summed E-state index contributed by atoms with van der Waals surface area (Å²) in [7, 11) is 0. The van der Waals surface area contributed by atoms with Crippen molar-refractivity contribution >= 4 is 11.5 Å². The molecular weight excluding hydrogens is 212 g/mol. The molecule has 0 radical (unpaired) electrons. The van der Waals surface area contributed by atoms with Crippen molar-refractivity contribution < 1.29 is 0 Å². The number of hydrogen-bond donors (Lipinski definition) is 2. The van der Waals surface area contributed by atoms with Gasteiger partial charge in [-0.05, 0) is 41.0 Å². The van der Waals surface area contributed by atoms with Crippen molar-refractivity contribution in [2.75, 3.05) is 11.1 Å². The van der Waals surface area contributed by atoms with Crippen LogP contribution in [0.4, 0.5) is 11.5 Å². The van der Waals surface area contributed by atoms with Gasteiger partial charge in [0.2, 0.25) is 0 Å². The molecule has 0 spiro atoms. The topological polar surface area (TPSA) is 55.9 Å². The molecule has 98 valence electrons. The van der Waals surface area contributed by atoms with Gasteiger partial charge in [0.1, 0.15) is 5.82 Å². The monoisotopic (exact) mass is 238 g/mol. The molecule has 4 nitrogen and oxygen atoms in total. The molecule has 0 aliphatic carbocycles. The number of aromatic nitrogens is 2. The Morgan fingerprint density at radius 1 is 1.41 bits per heavy atom. The van der Waals surface area contributed by atoms with E-state index in [4.69, 9.17) is 5.73 Å². The van der Waals surface area contributed by atoms with Crippen molar-refractivity contribution in [3.8, 4) is 0 Å². The van der Waals surface area contributed by atoms with Crippen LogP contribution in [0.3, 0.4) is 0 Å². The number of nitrogen functional groups attached to an aromatic ring is 1. The molecule has 0 aromatic carbocycles. The smallest absolute Gasteiger partial charge is 0.148 e. The number of aryl methyl sites for hydroxylation is 1. The van der Waals surface area contributed by atoms with Crippen molar-refractivity contribution in [1.82, 2.24) is 9.78 Å². The number of anilines is 2. The van der Waals surface area contributed by atoms with Gasteiger partial charge < -0.3 is 11.1 Å². The summed E-state index contributed by atoms with van der Waals surface area (Å²) in [6, 6.07) is 0.311. The molecule has 1 aromatic rings. The van der Waals surface area contributed by atoms with E-state index in [1.165, 1.54) is 0 Å². The Morgan fingerprint density at radius 3 is 2.47 bits per heavy atom. The summed E-state index contributed by atoms with van der Waals surface area (Å²) in [5, 5.41) is 8.02. The van der Waals surface area contributed by atoms with E-state index < -0.39 is 0 Å². The Morgan fingerprint density at radius 2 is 2.00 bits per heavy atom. The van der Waals surface area contributed by atoms with E-state index in [1.807, 2.05) is 11.6 Å². The fourth-order valence-electron chi connectivity index (χ4n) is 2.07. The standard InChI is InChI=1S/C13H26N4/c1-7-8-13(5,6)15-12-11(14)10(4)16-17(12)9(2)3/h9,15H,7-8,14H2,1-6H3. The molecule has 0 saturated heterocycles. The second-order valence-corrected chi connectivity index (χ2v) is 5.64. The highest BCUT2D eigenvalue weighted by Gasteiger charge is 2.22. The minimum atomic E-state index is 0.0436. The number of nitrogens with one attached hydrogen (secondary N) is 1. The van der Waals surface area contributed by atoms with Gasteiger partial charge in [-0.1, -0.05) is 13.3 Å². The fourth-order valence-corrected chi connectivity index (χ4v) is 2.07. The van der Waals surface area contributed by atoms with Gasteiger partial charge in [0, 0.05) is 11.6 Å². The van der Waals surface area contributed by atoms with Crippen molar-refractivity contribution in [2.24, 2.45) is 0 Å². The Balaban J connectivity index is 3.04. The van der Waals surface area contributed by atoms with Gasteiger partial charge in [-0.25, -0.2) is 4.68 Å². The Bertz CT molecular complexity index is 377. The molecule has 0 unspecified atom stereocenters. The van der Waals surface area contributed by atoms with Crippen molar-refractivity contribution in [3.05, 3.63) is 5.69 Å². The zero-order valence-corrected chi connectivity index (χ0v) is 12.0. The Labute approximate surface area is 105 Å². The fraction of sp³-hybridized carbons (Fsp3) is 0.769. The molecule has 3 N–H and O–H groups in total. The van der Waals surface area contributed by atoms with Gasteiger partial charge in [0.05, 0.1) is 11.4 Å². The molecule has 0 amide bonds. The minimum Gasteiger partial charge on any atom is -0.394 e. The van der Waals surface area contributed by atoms with Crippen LogP contribution in [0, 0.1) is 6.92 Å². The zero-order chi connectivity index (χ0) is 13.2. The maximum absolute atomic E-state index is 6.10. The Kier molecular flexibility index (Phi) is 4.07. The van der Waals surface area contributed by atoms with E-state index in [-0.39, 0.29) is 5.54 Å². The van der Waals surface area contributed by atoms with Crippen LogP contribution in [0.2, 0.25) is 0 Å². The molecule has 1 heterocycles. The number of rotatable bonds is 5. The van der Waals surface area contributed by atoms with Crippen LogP contribution in [-0.2, 0) is 0 Å². The predicted octanol–water partition coefficient (Wildman–Crippen LogP) is 3.35. The number of nitrogens with two attached hydrogens (primary N) is 1. The maximum atomic E-state index is 6.10. The second kappa shape index (κ2) is 4.98. The molecule has 4 heteroatoms. The predicted molar refractivity (Wildman–Crippen MR) is 74.4 cm³/mol. The summed E-state index contributed by atoms with van der Waals surface area (Å²) >= 11 is 0. The third-order valence-electron chi connectivity index (χ3n) is 2.95. The van der Waals surface area contributed by atoms with Crippen LogP contribution >= 0.6 is 0 Å². The van der Waals surface area contributed by atoms with E-state index in [0.717, 1.165) is 30.0 Å². The van der Waals surface area contributed by atoms with Crippen LogP contribution in [0.15, 0.2) is 0 Å². The average molecular weight is 238 g/mol. The first kappa shape index (κ1) is 13.9. The van der Waals surface area contributed by atoms with Gasteiger partial charge in [0.15, 0.2) is 0 Å².